The average Bonchev–Trinajstić information content (AvgIpc) is 3.34. The number of anilines is 1. The molecule has 0 atom stereocenters. The van der Waals surface area contributed by atoms with Gasteiger partial charge >= 0.3 is 0 Å². The summed E-state index contributed by atoms with van der Waals surface area (Å²) in [6.45, 7) is 3.67. The minimum atomic E-state index is -0.774. The van der Waals surface area contributed by atoms with Gasteiger partial charge in [0.05, 0.1) is 32.7 Å². The molecule has 5 nitrogen and oxygen atoms in total. The topological polar surface area (TPSA) is 72.0 Å². The van der Waals surface area contributed by atoms with Gasteiger partial charge in [-0.3, -0.25) is 9.59 Å². The quantitative estimate of drug-likeness (QED) is 0.307. The number of benzene rings is 2. The minimum Gasteiger partial charge on any atom is -0.320 e. The molecule has 0 aliphatic carbocycles. The van der Waals surface area contributed by atoms with Crippen LogP contribution in [0.5, 0.6) is 0 Å². The van der Waals surface area contributed by atoms with Crippen LogP contribution in [0, 0.1) is 25.5 Å². The molecule has 0 fully saturated rings. The third-order valence-corrected chi connectivity index (χ3v) is 7.37. The lowest BCUT2D eigenvalue weighted by molar-refractivity contribution is -0.117. The van der Waals surface area contributed by atoms with E-state index in [1.165, 1.54) is 17.4 Å². The van der Waals surface area contributed by atoms with E-state index in [4.69, 9.17) is 11.6 Å². The second kappa shape index (κ2) is 10.1. The van der Waals surface area contributed by atoms with Gasteiger partial charge in [-0.1, -0.05) is 29.8 Å². The Hall–Kier alpha value is -3.01. The first-order valence-corrected chi connectivity index (χ1v) is 12.2. The summed E-state index contributed by atoms with van der Waals surface area (Å²) in [6.07, 6.45) is -0.574. The maximum atomic E-state index is 14.0. The van der Waals surface area contributed by atoms with Crippen molar-refractivity contribution in [3.05, 3.63) is 85.3 Å². The van der Waals surface area contributed by atoms with Crippen LogP contribution in [0.2, 0.25) is 5.02 Å². The Morgan fingerprint density at radius 3 is 2.32 bits per heavy atom. The van der Waals surface area contributed by atoms with Crippen molar-refractivity contribution in [2.75, 3.05) is 5.32 Å². The molecule has 0 saturated carbocycles. The fourth-order valence-corrected chi connectivity index (χ4v) is 5.53. The van der Waals surface area contributed by atoms with Crippen molar-refractivity contribution in [3.8, 4) is 10.6 Å². The molecule has 0 saturated heterocycles. The summed E-state index contributed by atoms with van der Waals surface area (Å²) in [4.78, 5) is 35.8. The molecule has 0 spiro atoms. The Bertz CT molecular complexity index is 1380. The lowest BCUT2D eigenvalue weighted by Gasteiger charge is -2.06. The van der Waals surface area contributed by atoms with E-state index < -0.39 is 29.7 Å². The van der Waals surface area contributed by atoms with Crippen LogP contribution in [0.1, 0.15) is 30.9 Å². The number of ketones is 1. The summed E-state index contributed by atoms with van der Waals surface area (Å²) < 4.78 is 27.9. The fraction of sp³-hybridized carbons (Fsp3) is 0.167. The molecule has 1 amide bonds. The molecular weight excluding hydrogens is 500 g/mol. The van der Waals surface area contributed by atoms with Gasteiger partial charge in [0.25, 0.3) is 5.91 Å². The maximum absolute atomic E-state index is 14.0. The van der Waals surface area contributed by atoms with Crippen molar-refractivity contribution in [2.24, 2.45) is 0 Å². The van der Waals surface area contributed by atoms with Gasteiger partial charge in [-0.15, -0.1) is 22.7 Å². The van der Waals surface area contributed by atoms with Gasteiger partial charge in [0, 0.05) is 12.0 Å². The number of amides is 1. The Balaban J connectivity index is 1.65. The smallest absolute Gasteiger partial charge is 0.268 e. The van der Waals surface area contributed by atoms with Gasteiger partial charge in [0.1, 0.15) is 33.0 Å². The molecule has 2 aromatic heterocycles. The van der Waals surface area contributed by atoms with Crippen LogP contribution in [0.15, 0.2) is 42.5 Å². The van der Waals surface area contributed by atoms with Gasteiger partial charge in [-0.25, -0.2) is 18.7 Å². The maximum Gasteiger partial charge on any atom is 0.268 e. The Kier molecular flexibility index (Phi) is 7.16. The van der Waals surface area contributed by atoms with E-state index in [2.05, 4.69) is 15.3 Å². The highest BCUT2D eigenvalue weighted by molar-refractivity contribution is 7.17. The second-order valence-electron chi connectivity index (χ2n) is 7.46. The monoisotopic (exact) mass is 517 g/mol. The molecule has 0 aliphatic rings. The molecule has 0 unspecified atom stereocenters. The van der Waals surface area contributed by atoms with Gasteiger partial charge in [0.15, 0.2) is 0 Å². The van der Waals surface area contributed by atoms with Crippen molar-refractivity contribution < 1.29 is 18.4 Å². The van der Waals surface area contributed by atoms with Crippen molar-refractivity contribution in [3.63, 3.8) is 0 Å². The number of halogens is 3. The van der Waals surface area contributed by atoms with Crippen molar-refractivity contribution in [1.29, 1.82) is 0 Å². The highest BCUT2D eigenvalue weighted by atomic mass is 35.5. The summed E-state index contributed by atoms with van der Waals surface area (Å²) in [6, 6.07) is 10.3. The van der Waals surface area contributed by atoms with Crippen LogP contribution in [0.3, 0.4) is 0 Å². The van der Waals surface area contributed by atoms with Crippen LogP contribution in [0.4, 0.5) is 14.5 Å². The third-order valence-electron chi connectivity index (χ3n) is 4.90. The van der Waals surface area contributed by atoms with Gasteiger partial charge < -0.3 is 5.32 Å². The van der Waals surface area contributed by atoms with Crippen molar-refractivity contribution in [2.45, 2.75) is 26.7 Å². The van der Waals surface area contributed by atoms with Gasteiger partial charge in [0.2, 0.25) is 0 Å². The van der Waals surface area contributed by atoms with Crippen molar-refractivity contribution >= 4 is 51.7 Å². The summed E-state index contributed by atoms with van der Waals surface area (Å²) >= 11 is 8.62. The Morgan fingerprint density at radius 1 is 0.971 bits per heavy atom. The predicted molar refractivity (Wildman–Crippen MR) is 131 cm³/mol. The number of rotatable bonds is 7. The van der Waals surface area contributed by atoms with E-state index in [1.807, 2.05) is 13.8 Å². The SMILES string of the molecule is Cc1nc(C)c(-c2nc(CC(=O)Cc3c(F)cccc3F)sc2C(=O)Nc2ccccc2Cl)s1. The standard InChI is InChI=1S/C24H18ClF2N3O2S2/c1-12-22(33-13(2)28-12)21-23(24(32)29-19-9-4-3-6-16(19)25)34-20(30-21)11-14(31)10-15-17(26)7-5-8-18(15)27/h3-9H,10-11H2,1-2H3,(H,29,32). The number of hydrogen-bond acceptors (Lipinski definition) is 6. The number of hydrogen-bond donors (Lipinski definition) is 1. The normalized spacial score (nSPS) is 11.0. The van der Waals surface area contributed by atoms with E-state index in [1.54, 1.807) is 24.3 Å². The van der Waals surface area contributed by atoms with E-state index in [9.17, 15) is 18.4 Å². The number of carbonyl (C=O) groups is 2. The fourth-order valence-electron chi connectivity index (χ4n) is 3.37. The van der Waals surface area contributed by atoms with Crippen molar-refractivity contribution in [1.82, 2.24) is 9.97 Å². The summed E-state index contributed by atoms with van der Waals surface area (Å²) in [5, 5.41) is 4.35. The van der Waals surface area contributed by atoms with Crippen LogP contribution in [-0.4, -0.2) is 21.7 Å². The largest absolute Gasteiger partial charge is 0.320 e. The zero-order valence-corrected chi connectivity index (χ0v) is 20.5. The molecule has 2 heterocycles. The molecule has 174 valence electrons. The molecular formula is C24H18ClF2N3O2S2. The van der Waals surface area contributed by atoms with E-state index in [0.717, 1.165) is 33.4 Å². The Labute approximate surface area is 207 Å². The molecule has 0 bridgehead atoms. The average molecular weight is 518 g/mol. The third kappa shape index (κ3) is 5.22. The first-order chi connectivity index (χ1) is 16.2. The van der Waals surface area contributed by atoms with Crippen LogP contribution in [-0.2, 0) is 17.6 Å². The highest BCUT2D eigenvalue weighted by Gasteiger charge is 2.25. The zero-order valence-electron chi connectivity index (χ0n) is 18.1. The van der Waals surface area contributed by atoms with Crippen LogP contribution in [0.25, 0.3) is 10.6 Å². The first kappa shape index (κ1) is 24.1. The first-order valence-electron chi connectivity index (χ1n) is 10.2. The lowest BCUT2D eigenvalue weighted by atomic mass is 10.1. The second-order valence-corrected chi connectivity index (χ2v) is 10.2. The van der Waals surface area contributed by atoms with E-state index >= 15 is 0 Å². The number of para-hydroxylation sites is 1. The molecule has 2 aromatic carbocycles. The highest BCUT2D eigenvalue weighted by Crippen LogP contribution is 2.36. The number of thiazole rings is 2. The molecule has 0 radical (unpaired) electrons. The number of aryl methyl sites for hydroxylation is 2. The lowest BCUT2D eigenvalue weighted by Crippen LogP contribution is -2.11. The Morgan fingerprint density at radius 2 is 1.68 bits per heavy atom. The molecule has 10 heteroatoms. The van der Waals surface area contributed by atoms with Crippen LogP contribution >= 0.6 is 34.3 Å². The summed E-state index contributed by atoms with van der Waals surface area (Å²) in [5.41, 5.74) is 1.29. The number of carbonyl (C=O) groups excluding carboxylic acids is 2. The number of aromatic nitrogens is 2. The van der Waals surface area contributed by atoms with E-state index in [-0.39, 0.29) is 12.0 Å². The van der Waals surface area contributed by atoms with Crippen LogP contribution < -0.4 is 5.32 Å². The van der Waals surface area contributed by atoms with E-state index in [0.29, 0.717) is 32.0 Å². The summed E-state index contributed by atoms with van der Waals surface area (Å²) in [7, 11) is 0. The zero-order chi connectivity index (χ0) is 24.4. The molecule has 4 aromatic rings. The molecule has 1 N–H and O–H groups in total. The van der Waals surface area contributed by atoms with Gasteiger partial charge in [-0.2, -0.15) is 0 Å². The molecule has 0 aliphatic heterocycles. The minimum absolute atomic E-state index is 0.165. The molecule has 4 rings (SSSR count). The number of nitrogens with one attached hydrogen (secondary N) is 1. The number of nitrogens with zero attached hydrogens (tertiary/aromatic N) is 2. The predicted octanol–water partition coefficient (Wildman–Crippen LogP) is 6.42. The summed E-state index contributed by atoms with van der Waals surface area (Å²) in [5.74, 6) is -2.39. The van der Waals surface area contributed by atoms with Gasteiger partial charge in [-0.05, 0) is 38.1 Å². The number of Topliss-reactive ketones (excluding diaryl/α,β-unsaturated/α-hetero) is 1. The molecule has 34 heavy (non-hydrogen) atoms.